The Kier molecular flexibility index (Phi) is 31.3. The Labute approximate surface area is 255 Å². The van der Waals surface area contributed by atoms with E-state index in [4.69, 9.17) is 0 Å². The summed E-state index contributed by atoms with van der Waals surface area (Å²) in [5.74, 6) is -0.128. The molecule has 0 aliphatic heterocycles. The van der Waals surface area contributed by atoms with Crippen LogP contribution in [0.5, 0.6) is 0 Å². The van der Waals surface area contributed by atoms with E-state index in [1.807, 2.05) is 0 Å². The van der Waals surface area contributed by atoms with Crippen molar-refractivity contribution in [2.75, 3.05) is 6.61 Å². The van der Waals surface area contributed by atoms with E-state index >= 15 is 0 Å². The summed E-state index contributed by atoms with van der Waals surface area (Å²) < 4.78 is 0. The molecule has 0 radical (unpaired) electrons. The summed E-state index contributed by atoms with van der Waals surface area (Å²) in [6.07, 6.45) is 34.5. The van der Waals surface area contributed by atoms with Crippen LogP contribution >= 0.6 is 0 Å². The second-order valence-electron chi connectivity index (χ2n) is 12.5. The maximum Gasteiger partial charge on any atom is 0.220 e. The molecule has 0 aliphatic carbocycles. The summed E-state index contributed by atoms with van der Waals surface area (Å²) in [5, 5.41) is 33.0. The van der Waals surface area contributed by atoms with E-state index in [1.54, 1.807) is 6.08 Å². The Balaban J connectivity index is 3.73. The first-order valence-electron chi connectivity index (χ1n) is 18.0. The molecule has 0 aliphatic rings. The zero-order chi connectivity index (χ0) is 30.2. The molecule has 244 valence electrons. The van der Waals surface area contributed by atoms with Crippen molar-refractivity contribution in [3.63, 3.8) is 0 Å². The fourth-order valence-corrected chi connectivity index (χ4v) is 5.49. The number of hydrogen-bond acceptors (Lipinski definition) is 4. The molecule has 5 nitrogen and oxygen atoms in total. The van der Waals surface area contributed by atoms with E-state index in [-0.39, 0.29) is 12.5 Å². The molecule has 0 spiro atoms. The van der Waals surface area contributed by atoms with Crippen molar-refractivity contribution < 1.29 is 20.1 Å². The molecule has 0 saturated carbocycles. The van der Waals surface area contributed by atoms with Crippen molar-refractivity contribution in [1.29, 1.82) is 0 Å². The van der Waals surface area contributed by atoms with Crippen LogP contribution in [0.1, 0.15) is 187 Å². The Hall–Kier alpha value is -0.910. The van der Waals surface area contributed by atoms with Crippen LogP contribution in [0.4, 0.5) is 0 Å². The summed E-state index contributed by atoms with van der Waals surface area (Å²) in [6.45, 7) is 4.19. The fourth-order valence-electron chi connectivity index (χ4n) is 5.49. The number of hydrogen-bond donors (Lipinski definition) is 4. The predicted molar refractivity (Wildman–Crippen MR) is 176 cm³/mol. The van der Waals surface area contributed by atoms with Gasteiger partial charge in [-0.3, -0.25) is 4.79 Å². The van der Waals surface area contributed by atoms with Crippen molar-refractivity contribution >= 4 is 5.91 Å². The predicted octanol–water partition coefficient (Wildman–Crippen LogP) is 9.31. The van der Waals surface area contributed by atoms with Crippen molar-refractivity contribution in [2.24, 2.45) is 0 Å². The molecular formula is C36H71NO4. The van der Waals surface area contributed by atoms with Gasteiger partial charge in [0.2, 0.25) is 5.91 Å². The maximum absolute atomic E-state index is 12.3. The minimum Gasteiger partial charge on any atom is -0.394 e. The zero-order valence-electron chi connectivity index (χ0n) is 27.4. The molecule has 0 aromatic heterocycles. The molecule has 0 fully saturated rings. The highest BCUT2D eigenvalue weighted by molar-refractivity contribution is 5.76. The van der Waals surface area contributed by atoms with Gasteiger partial charge in [0.1, 0.15) is 0 Å². The van der Waals surface area contributed by atoms with Crippen LogP contribution in [-0.2, 0) is 4.79 Å². The number of carbonyl (C=O) groups is 1. The Bertz CT molecular complexity index is 568. The van der Waals surface area contributed by atoms with Crippen LogP contribution in [0.2, 0.25) is 0 Å². The van der Waals surface area contributed by atoms with Gasteiger partial charge in [-0.1, -0.05) is 180 Å². The Morgan fingerprint density at radius 1 is 0.561 bits per heavy atom. The summed E-state index contributed by atoms with van der Waals surface area (Å²) in [4.78, 5) is 12.3. The first kappa shape index (κ1) is 40.1. The van der Waals surface area contributed by atoms with Crippen molar-refractivity contribution in [1.82, 2.24) is 5.32 Å². The van der Waals surface area contributed by atoms with Crippen LogP contribution < -0.4 is 5.32 Å². The summed E-state index contributed by atoms with van der Waals surface area (Å²) >= 11 is 0. The van der Waals surface area contributed by atoms with E-state index in [2.05, 4.69) is 19.2 Å². The van der Waals surface area contributed by atoms with Gasteiger partial charge in [0, 0.05) is 6.42 Å². The van der Waals surface area contributed by atoms with Crippen molar-refractivity contribution in [3.05, 3.63) is 12.2 Å². The highest BCUT2D eigenvalue weighted by Crippen LogP contribution is 2.15. The normalized spacial score (nSPS) is 14.0. The molecule has 0 rings (SSSR count). The third-order valence-electron chi connectivity index (χ3n) is 8.35. The second kappa shape index (κ2) is 32.0. The zero-order valence-corrected chi connectivity index (χ0v) is 27.4. The number of carbonyl (C=O) groups excluding carboxylic acids is 1. The highest BCUT2D eigenvalue weighted by atomic mass is 16.3. The van der Waals surface area contributed by atoms with Gasteiger partial charge < -0.3 is 20.6 Å². The molecule has 5 heteroatoms. The highest BCUT2D eigenvalue weighted by Gasteiger charge is 2.18. The molecule has 3 unspecified atom stereocenters. The van der Waals surface area contributed by atoms with Crippen LogP contribution in [0.15, 0.2) is 12.2 Å². The number of nitrogens with one attached hydrogen (secondary N) is 1. The van der Waals surface area contributed by atoms with Gasteiger partial charge in [0.25, 0.3) is 0 Å². The second-order valence-corrected chi connectivity index (χ2v) is 12.5. The Morgan fingerprint density at radius 2 is 0.927 bits per heavy atom. The smallest absolute Gasteiger partial charge is 0.220 e. The summed E-state index contributed by atoms with van der Waals surface area (Å²) in [5.41, 5.74) is 0. The largest absolute Gasteiger partial charge is 0.394 e. The molecule has 4 N–H and O–H groups in total. The van der Waals surface area contributed by atoms with Gasteiger partial charge in [-0.05, 0) is 12.8 Å². The number of aliphatic hydroxyl groups is 3. The van der Waals surface area contributed by atoms with Gasteiger partial charge in [-0.15, -0.1) is 0 Å². The van der Waals surface area contributed by atoms with Crippen LogP contribution in [0.3, 0.4) is 0 Å². The maximum atomic E-state index is 12.3. The average molecular weight is 582 g/mol. The van der Waals surface area contributed by atoms with E-state index in [9.17, 15) is 20.1 Å². The number of unbranched alkanes of at least 4 members (excludes halogenated alkanes) is 23. The SMILES string of the molecule is CCCCCCCCCCCCCCCCCC(=O)NC(CO)C(O)/C=C/C(O)CCCCCCCCCCCC. The molecule has 0 bridgehead atoms. The van der Waals surface area contributed by atoms with Gasteiger partial charge in [-0.2, -0.15) is 0 Å². The molecule has 0 aromatic carbocycles. The average Bonchev–Trinajstić information content (AvgIpc) is 2.97. The molecule has 41 heavy (non-hydrogen) atoms. The first-order chi connectivity index (χ1) is 20.0. The molecule has 0 aromatic rings. The fraction of sp³-hybridized carbons (Fsp3) is 0.917. The molecule has 0 saturated heterocycles. The number of aliphatic hydroxyl groups excluding tert-OH is 3. The molecular weight excluding hydrogens is 510 g/mol. The topological polar surface area (TPSA) is 89.8 Å². The van der Waals surface area contributed by atoms with Gasteiger partial charge >= 0.3 is 0 Å². The quantitative estimate of drug-likeness (QED) is 0.0471. The molecule has 3 atom stereocenters. The van der Waals surface area contributed by atoms with Gasteiger partial charge in [0.05, 0.1) is 24.9 Å². The molecule has 0 heterocycles. The van der Waals surface area contributed by atoms with E-state index in [0.717, 1.165) is 32.1 Å². The van der Waals surface area contributed by atoms with Crippen molar-refractivity contribution in [3.8, 4) is 0 Å². The van der Waals surface area contributed by atoms with Crippen LogP contribution in [0.25, 0.3) is 0 Å². The minimum atomic E-state index is -1.01. The lowest BCUT2D eigenvalue weighted by Gasteiger charge is -2.20. The summed E-state index contributed by atoms with van der Waals surface area (Å²) in [6, 6.07) is -0.736. The first-order valence-corrected chi connectivity index (χ1v) is 18.0. The van der Waals surface area contributed by atoms with E-state index in [1.165, 1.54) is 134 Å². The lowest BCUT2D eigenvalue weighted by atomic mass is 10.0. The number of amides is 1. The van der Waals surface area contributed by atoms with Gasteiger partial charge in [-0.25, -0.2) is 0 Å². The van der Waals surface area contributed by atoms with Crippen molar-refractivity contribution in [2.45, 2.75) is 205 Å². The van der Waals surface area contributed by atoms with Crippen LogP contribution in [0, 0.1) is 0 Å². The Morgan fingerprint density at radius 3 is 1.32 bits per heavy atom. The monoisotopic (exact) mass is 582 g/mol. The third-order valence-corrected chi connectivity index (χ3v) is 8.35. The van der Waals surface area contributed by atoms with E-state index < -0.39 is 18.2 Å². The standard InChI is InChI=1S/C36H71NO4/c1-3-5-7-9-11-13-15-16-17-18-19-21-23-25-27-29-36(41)37-34(32-38)35(40)31-30-33(39)28-26-24-22-20-14-12-10-8-6-4-2/h30-31,33-35,38-40H,3-29,32H2,1-2H3,(H,37,41)/b31-30+. The lowest BCUT2D eigenvalue weighted by molar-refractivity contribution is -0.123. The van der Waals surface area contributed by atoms with Crippen LogP contribution in [-0.4, -0.2) is 46.1 Å². The minimum absolute atomic E-state index is 0.128. The van der Waals surface area contributed by atoms with Gasteiger partial charge in [0.15, 0.2) is 0 Å². The van der Waals surface area contributed by atoms with E-state index in [0.29, 0.717) is 12.8 Å². The third kappa shape index (κ3) is 29.0. The molecule has 1 amide bonds. The number of rotatable bonds is 32. The summed E-state index contributed by atoms with van der Waals surface area (Å²) in [7, 11) is 0. The lowest BCUT2D eigenvalue weighted by Crippen LogP contribution is -2.45.